The van der Waals surface area contributed by atoms with Crippen molar-refractivity contribution in [3.63, 3.8) is 0 Å². The molecule has 1 aliphatic rings. The molecule has 6 nitrogen and oxygen atoms in total. The maximum Gasteiger partial charge on any atom is 0.406 e. The van der Waals surface area contributed by atoms with Crippen LogP contribution in [-0.4, -0.2) is 32.8 Å². The maximum atomic E-state index is 13.4. The van der Waals surface area contributed by atoms with E-state index in [0.717, 1.165) is 16.8 Å². The Labute approximate surface area is 159 Å². The quantitative estimate of drug-likeness (QED) is 0.850. The summed E-state index contributed by atoms with van der Waals surface area (Å²) in [4.78, 5) is 26.6. The first-order chi connectivity index (χ1) is 13.0. The highest BCUT2D eigenvalue weighted by Crippen LogP contribution is 2.45. The molecule has 0 fully saturated rings. The average Bonchev–Trinajstić information content (AvgIpc) is 2.90. The molecule has 1 unspecified atom stereocenters. The van der Waals surface area contributed by atoms with E-state index in [1.54, 1.807) is 7.11 Å². The van der Waals surface area contributed by atoms with Crippen molar-refractivity contribution in [2.24, 2.45) is 0 Å². The van der Waals surface area contributed by atoms with Gasteiger partial charge in [0, 0.05) is 12.2 Å². The number of nitrogens with one attached hydrogen (secondary N) is 1. The smallest absolute Gasteiger partial charge is 0.406 e. The molecule has 142 valence electrons. The standard InChI is InChI=1S/C21H24N2O4/c1-21(11-12-22-20(25)27-3)17-13-16(26-2)9-10-18(17)23(19(21)24)14-15-7-5-4-6-8-15/h4-10,13H,11-12,14H2,1-3H3,(H,22,25). The molecule has 2 aromatic rings. The van der Waals surface area contributed by atoms with Crippen LogP contribution in [0.3, 0.4) is 0 Å². The topological polar surface area (TPSA) is 67.9 Å². The van der Waals surface area contributed by atoms with E-state index in [-0.39, 0.29) is 5.91 Å². The molecule has 1 N–H and O–H groups in total. The van der Waals surface area contributed by atoms with E-state index in [1.807, 2.05) is 60.4 Å². The van der Waals surface area contributed by atoms with E-state index in [1.165, 1.54) is 7.11 Å². The van der Waals surface area contributed by atoms with E-state index in [0.29, 0.717) is 25.3 Å². The van der Waals surface area contributed by atoms with Crippen LogP contribution in [0.15, 0.2) is 48.5 Å². The van der Waals surface area contributed by atoms with Gasteiger partial charge in [-0.25, -0.2) is 4.79 Å². The molecule has 0 radical (unpaired) electrons. The van der Waals surface area contributed by atoms with Gasteiger partial charge in [0.05, 0.1) is 26.2 Å². The number of benzene rings is 2. The molecule has 2 aromatic carbocycles. The highest BCUT2D eigenvalue weighted by atomic mass is 16.5. The van der Waals surface area contributed by atoms with Gasteiger partial charge < -0.3 is 19.7 Å². The fourth-order valence-electron chi connectivity index (χ4n) is 3.49. The first-order valence-electron chi connectivity index (χ1n) is 8.86. The number of ether oxygens (including phenoxy) is 2. The Morgan fingerprint density at radius 2 is 1.89 bits per heavy atom. The molecule has 0 aliphatic carbocycles. The van der Waals surface area contributed by atoms with Crippen molar-refractivity contribution >= 4 is 17.7 Å². The first kappa shape index (κ1) is 18.8. The molecule has 0 spiro atoms. The van der Waals surface area contributed by atoms with E-state index >= 15 is 0 Å². The molecule has 3 rings (SSSR count). The lowest BCUT2D eigenvalue weighted by Crippen LogP contribution is -2.40. The predicted molar refractivity (Wildman–Crippen MR) is 103 cm³/mol. The summed E-state index contributed by atoms with van der Waals surface area (Å²) in [7, 11) is 2.93. The number of fused-ring (bicyclic) bond motifs is 1. The molecule has 6 heteroatoms. The second-order valence-corrected chi connectivity index (χ2v) is 6.76. The predicted octanol–water partition coefficient (Wildman–Crippen LogP) is 3.25. The summed E-state index contributed by atoms with van der Waals surface area (Å²) in [5.74, 6) is 0.719. The Morgan fingerprint density at radius 1 is 1.15 bits per heavy atom. The molecule has 0 saturated heterocycles. The van der Waals surface area contributed by atoms with Gasteiger partial charge >= 0.3 is 6.09 Å². The summed E-state index contributed by atoms with van der Waals surface area (Å²) in [5, 5.41) is 2.67. The fraction of sp³-hybridized carbons (Fsp3) is 0.333. The summed E-state index contributed by atoms with van der Waals surface area (Å²) >= 11 is 0. The summed E-state index contributed by atoms with van der Waals surface area (Å²) in [6.07, 6.45) is -0.0390. The van der Waals surface area contributed by atoms with Crippen molar-refractivity contribution in [2.75, 3.05) is 25.7 Å². The Bertz CT molecular complexity index is 837. The molecule has 1 aliphatic heterocycles. The van der Waals surface area contributed by atoms with E-state index in [4.69, 9.17) is 4.74 Å². The number of amides is 2. The van der Waals surface area contributed by atoms with Crippen LogP contribution in [0.4, 0.5) is 10.5 Å². The van der Waals surface area contributed by atoms with E-state index in [9.17, 15) is 9.59 Å². The van der Waals surface area contributed by atoms with Gasteiger partial charge in [0.25, 0.3) is 0 Å². The molecule has 0 aromatic heterocycles. The first-order valence-corrected chi connectivity index (χ1v) is 8.86. The minimum Gasteiger partial charge on any atom is -0.497 e. The number of hydrogen-bond donors (Lipinski definition) is 1. The number of alkyl carbamates (subject to hydrolysis) is 1. The number of carbonyl (C=O) groups is 2. The Kier molecular flexibility index (Phi) is 5.35. The molecule has 0 bridgehead atoms. The Morgan fingerprint density at radius 3 is 2.56 bits per heavy atom. The number of methoxy groups -OCH3 is 2. The van der Waals surface area contributed by atoms with Crippen LogP contribution in [0.1, 0.15) is 24.5 Å². The van der Waals surface area contributed by atoms with Gasteiger partial charge in [-0.1, -0.05) is 30.3 Å². The summed E-state index contributed by atoms with van der Waals surface area (Å²) < 4.78 is 9.98. The molecule has 1 atom stereocenters. The van der Waals surface area contributed by atoms with Gasteiger partial charge in [-0.2, -0.15) is 0 Å². The zero-order valence-electron chi connectivity index (χ0n) is 15.8. The summed E-state index contributed by atoms with van der Waals surface area (Å²) in [5.41, 5.74) is 2.10. The number of anilines is 1. The van der Waals surface area contributed by atoms with Crippen LogP contribution in [0.5, 0.6) is 5.75 Å². The van der Waals surface area contributed by atoms with Crippen molar-refractivity contribution < 1.29 is 19.1 Å². The lowest BCUT2D eigenvalue weighted by Gasteiger charge is -2.24. The maximum absolute atomic E-state index is 13.4. The fourth-order valence-corrected chi connectivity index (χ4v) is 3.49. The monoisotopic (exact) mass is 368 g/mol. The lowest BCUT2D eigenvalue weighted by atomic mass is 9.80. The number of nitrogens with zero attached hydrogens (tertiary/aromatic N) is 1. The number of rotatable bonds is 6. The van der Waals surface area contributed by atoms with E-state index < -0.39 is 11.5 Å². The van der Waals surface area contributed by atoms with Gasteiger partial charge in [0.15, 0.2) is 0 Å². The largest absolute Gasteiger partial charge is 0.497 e. The second-order valence-electron chi connectivity index (χ2n) is 6.76. The highest BCUT2D eigenvalue weighted by Gasteiger charge is 2.47. The third-order valence-electron chi connectivity index (χ3n) is 5.07. The molecular formula is C21H24N2O4. The average molecular weight is 368 g/mol. The van der Waals surface area contributed by atoms with Gasteiger partial charge in [0.1, 0.15) is 5.75 Å². The van der Waals surface area contributed by atoms with Gasteiger partial charge in [-0.3, -0.25) is 4.79 Å². The third kappa shape index (κ3) is 3.60. The van der Waals surface area contributed by atoms with Crippen LogP contribution in [0, 0.1) is 0 Å². The van der Waals surface area contributed by atoms with Crippen LogP contribution >= 0.6 is 0 Å². The van der Waals surface area contributed by atoms with Crippen LogP contribution in [-0.2, 0) is 21.5 Å². The molecule has 1 heterocycles. The molecular weight excluding hydrogens is 344 g/mol. The van der Waals surface area contributed by atoms with Gasteiger partial charge in [-0.05, 0) is 42.7 Å². The van der Waals surface area contributed by atoms with Crippen LogP contribution in [0.25, 0.3) is 0 Å². The van der Waals surface area contributed by atoms with Crippen molar-refractivity contribution in [1.82, 2.24) is 5.32 Å². The third-order valence-corrected chi connectivity index (χ3v) is 5.07. The SMILES string of the molecule is COC(=O)NCCC1(C)C(=O)N(Cc2ccccc2)c2ccc(OC)cc21. The normalized spacial score (nSPS) is 18.2. The van der Waals surface area contributed by atoms with Gasteiger partial charge in [-0.15, -0.1) is 0 Å². The Balaban J connectivity index is 1.92. The van der Waals surface area contributed by atoms with Crippen molar-refractivity contribution in [3.05, 3.63) is 59.7 Å². The van der Waals surface area contributed by atoms with Crippen molar-refractivity contribution in [1.29, 1.82) is 0 Å². The minimum atomic E-state index is -0.750. The van der Waals surface area contributed by atoms with Crippen LogP contribution in [0.2, 0.25) is 0 Å². The highest BCUT2D eigenvalue weighted by molar-refractivity contribution is 6.08. The summed E-state index contributed by atoms with van der Waals surface area (Å²) in [6, 6.07) is 15.6. The number of carbonyl (C=O) groups excluding carboxylic acids is 2. The Hall–Kier alpha value is -3.02. The van der Waals surface area contributed by atoms with Crippen molar-refractivity contribution in [3.8, 4) is 5.75 Å². The van der Waals surface area contributed by atoms with Crippen molar-refractivity contribution in [2.45, 2.75) is 25.3 Å². The zero-order chi connectivity index (χ0) is 19.4. The molecule has 0 saturated carbocycles. The summed E-state index contributed by atoms with van der Waals surface area (Å²) in [6.45, 7) is 2.75. The molecule has 2 amide bonds. The number of hydrogen-bond acceptors (Lipinski definition) is 4. The lowest BCUT2D eigenvalue weighted by molar-refractivity contribution is -0.123. The minimum absolute atomic E-state index is 0.0151. The van der Waals surface area contributed by atoms with E-state index in [2.05, 4.69) is 10.1 Å². The molecule has 27 heavy (non-hydrogen) atoms. The zero-order valence-corrected chi connectivity index (χ0v) is 15.8. The van der Waals surface area contributed by atoms with Crippen LogP contribution < -0.4 is 15.0 Å². The van der Waals surface area contributed by atoms with Gasteiger partial charge in [0.2, 0.25) is 5.91 Å². The second kappa shape index (κ2) is 7.70.